The summed E-state index contributed by atoms with van der Waals surface area (Å²) in [7, 11) is 1.56. The summed E-state index contributed by atoms with van der Waals surface area (Å²) in [6.45, 7) is 0.917. The van der Waals surface area contributed by atoms with Crippen LogP contribution in [0, 0.1) is 0 Å². The molecular weight excluding hydrogens is 310 g/mol. The Labute approximate surface area is 140 Å². The summed E-state index contributed by atoms with van der Waals surface area (Å²) in [6.07, 6.45) is 2.38. The Morgan fingerprint density at radius 2 is 2.12 bits per heavy atom. The van der Waals surface area contributed by atoms with E-state index >= 15 is 0 Å². The highest BCUT2D eigenvalue weighted by atomic mass is 16.5. The van der Waals surface area contributed by atoms with E-state index in [0.29, 0.717) is 31.0 Å². The SMILES string of the molecule is COc1ccccc1OCC(=O)N1Cc2ccnn2CCC1CO. The number of carbonyl (C=O) groups excluding carboxylic acids is 1. The van der Waals surface area contributed by atoms with E-state index in [0.717, 1.165) is 5.69 Å². The van der Waals surface area contributed by atoms with Gasteiger partial charge in [0, 0.05) is 12.7 Å². The van der Waals surface area contributed by atoms with Crippen LogP contribution < -0.4 is 9.47 Å². The molecule has 7 heteroatoms. The van der Waals surface area contributed by atoms with Crippen LogP contribution in [0.1, 0.15) is 12.1 Å². The molecule has 0 saturated carbocycles. The minimum absolute atomic E-state index is 0.0781. The Hall–Kier alpha value is -2.54. The molecule has 1 aromatic heterocycles. The number of aliphatic hydroxyl groups excluding tert-OH is 1. The van der Waals surface area contributed by atoms with Crippen LogP contribution in [-0.4, -0.2) is 52.1 Å². The number of amides is 1. The number of fused-ring (bicyclic) bond motifs is 1. The maximum absolute atomic E-state index is 12.6. The van der Waals surface area contributed by atoms with Gasteiger partial charge in [-0.2, -0.15) is 5.10 Å². The van der Waals surface area contributed by atoms with Gasteiger partial charge in [0.1, 0.15) is 0 Å². The molecule has 0 fully saturated rings. The van der Waals surface area contributed by atoms with Gasteiger partial charge in [0.05, 0.1) is 32.0 Å². The van der Waals surface area contributed by atoms with E-state index < -0.39 is 0 Å². The molecular formula is C17H21N3O4. The number of methoxy groups -OCH3 is 1. The number of hydrogen-bond donors (Lipinski definition) is 1. The van der Waals surface area contributed by atoms with Crippen molar-refractivity contribution >= 4 is 5.91 Å². The van der Waals surface area contributed by atoms with Crippen LogP contribution in [0.5, 0.6) is 11.5 Å². The number of para-hydroxylation sites is 2. The number of aliphatic hydroxyl groups is 1. The van der Waals surface area contributed by atoms with Crippen molar-refractivity contribution in [3.05, 3.63) is 42.2 Å². The zero-order valence-electron chi connectivity index (χ0n) is 13.6. The highest BCUT2D eigenvalue weighted by molar-refractivity contribution is 5.78. The lowest BCUT2D eigenvalue weighted by molar-refractivity contribution is -0.137. The van der Waals surface area contributed by atoms with E-state index in [1.54, 1.807) is 30.3 Å². The molecule has 1 amide bonds. The molecule has 2 heterocycles. The first-order valence-electron chi connectivity index (χ1n) is 7.89. The lowest BCUT2D eigenvalue weighted by Crippen LogP contribution is -2.43. The predicted molar refractivity (Wildman–Crippen MR) is 86.8 cm³/mol. The first-order chi connectivity index (χ1) is 11.7. The van der Waals surface area contributed by atoms with Crippen LogP contribution in [0.25, 0.3) is 0 Å². The Morgan fingerprint density at radius 3 is 2.88 bits per heavy atom. The highest BCUT2D eigenvalue weighted by Crippen LogP contribution is 2.26. The van der Waals surface area contributed by atoms with Crippen LogP contribution in [-0.2, 0) is 17.9 Å². The van der Waals surface area contributed by atoms with Gasteiger partial charge < -0.3 is 19.5 Å². The molecule has 24 heavy (non-hydrogen) atoms. The average molecular weight is 331 g/mol. The second-order valence-electron chi connectivity index (χ2n) is 5.63. The fourth-order valence-corrected chi connectivity index (χ4v) is 2.87. The van der Waals surface area contributed by atoms with Gasteiger partial charge in [0.15, 0.2) is 18.1 Å². The summed E-state index contributed by atoms with van der Waals surface area (Å²) >= 11 is 0. The molecule has 2 aromatic rings. The van der Waals surface area contributed by atoms with Crippen LogP contribution in [0.2, 0.25) is 0 Å². The van der Waals surface area contributed by atoms with Crippen molar-refractivity contribution in [2.45, 2.75) is 25.6 Å². The zero-order valence-corrected chi connectivity index (χ0v) is 13.6. The minimum atomic E-state index is -0.236. The van der Waals surface area contributed by atoms with Crippen LogP contribution in [0.15, 0.2) is 36.5 Å². The number of aryl methyl sites for hydroxylation is 1. The first kappa shape index (κ1) is 16.3. The lowest BCUT2D eigenvalue weighted by Gasteiger charge is -2.28. The van der Waals surface area contributed by atoms with E-state index in [-0.39, 0.29) is 25.2 Å². The van der Waals surface area contributed by atoms with Gasteiger partial charge in [0.25, 0.3) is 5.91 Å². The molecule has 0 saturated heterocycles. The maximum atomic E-state index is 12.6. The molecule has 7 nitrogen and oxygen atoms in total. The quantitative estimate of drug-likeness (QED) is 0.887. The fraction of sp³-hybridized carbons (Fsp3) is 0.412. The topological polar surface area (TPSA) is 76.8 Å². The maximum Gasteiger partial charge on any atom is 0.261 e. The molecule has 1 N–H and O–H groups in total. The van der Waals surface area contributed by atoms with E-state index in [4.69, 9.17) is 9.47 Å². The van der Waals surface area contributed by atoms with Crippen molar-refractivity contribution in [2.24, 2.45) is 0 Å². The predicted octanol–water partition coefficient (Wildman–Crippen LogP) is 1.06. The third-order valence-electron chi connectivity index (χ3n) is 4.20. The largest absolute Gasteiger partial charge is 0.493 e. The van der Waals surface area contributed by atoms with Crippen molar-refractivity contribution in [3.8, 4) is 11.5 Å². The number of carbonyl (C=O) groups is 1. The average Bonchev–Trinajstić information content (AvgIpc) is 2.99. The van der Waals surface area contributed by atoms with Crippen LogP contribution in [0.3, 0.4) is 0 Å². The normalized spacial score (nSPS) is 17.1. The van der Waals surface area contributed by atoms with Crippen molar-refractivity contribution in [2.75, 3.05) is 20.3 Å². The summed E-state index contributed by atoms with van der Waals surface area (Å²) in [6, 6.07) is 8.85. The number of rotatable bonds is 5. The summed E-state index contributed by atoms with van der Waals surface area (Å²) in [5.74, 6) is 0.932. The Morgan fingerprint density at radius 1 is 1.33 bits per heavy atom. The molecule has 0 radical (unpaired) electrons. The van der Waals surface area contributed by atoms with Gasteiger partial charge in [-0.1, -0.05) is 12.1 Å². The standard InChI is InChI=1S/C17H21N3O4/c1-23-15-4-2-3-5-16(15)24-12-17(22)19-10-13-6-8-18-20(13)9-7-14(19)11-21/h2-6,8,14,21H,7,9-12H2,1H3. The molecule has 3 rings (SSSR count). The van der Waals surface area contributed by atoms with Crippen LogP contribution >= 0.6 is 0 Å². The zero-order chi connectivity index (χ0) is 16.9. The summed E-state index contributed by atoms with van der Waals surface area (Å²) in [5, 5.41) is 13.9. The van der Waals surface area contributed by atoms with Crippen LogP contribution in [0.4, 0.5) is 0 Å². The smallest absolute Gasteiger partial charge is 0.261 e. The third kappa shape index (κ3) is 3.35. The molecule has 128 valence electrons. The van der Waals surface area contributed by atoms with E-state index in [9.17, 15) is 9.90 Å². The van der Waals surface area contributed by atoms with Gasteiger partial charge in [-0.15, -0.1) is 0 Å². The minimum Gasteiger partial charge on any atom is -0.493 e. The van der Waals surface area contributed by atoms with E-state index in [1.807, 2.05) is 22.9 Å². The molecule has 1 unspecified atom stereocenters. The van der Waals surface area contributed by atoms with Crippen molar-refractivity contribution in [3.63, 3.8) is 0 Å². The molecule has 0 aliphatic carbocycles. The summed E-state index contributed by atoms with van der Waals surface area (Å²) in [5.41, 5.74) is 0.955. The fourth-order valence-electron chi connectivity index (χ4n) is 2.87. The van der Waals surface area contributed by atoms with E-state index in [2.05, 4.69) is 5.10 Å². The Kier molecular flexibility index (Phi) is 5.00. The Balaban J connectivity index is 1.70. The molecule has 0 spiro atoms. The molecule has 1 atom stereocenters. The van der Waals surface area contributed by atoms with Crippen molar-refractivity contribution in [1.82, 2.24) is 14.7 Å². The van der Waals surface area contributed by atoms with Crippen molar-refractivity contribution in [1.29, 1.82) is 0 Å². The first-order valence-corrected chi connectivity index (χ1v) is 7.89. The van der Waals surface area contributed by atoms with Gasteiger partial charge in [-0.25, -0.2) is 0 Å². The molecule has 1 aromatic carbocycles. The Bertz CT molecular complexity index is 701. The molecule has 0 bridgehead atoms. The van der Waals surface area contributed by atoms with Crippen molar-refractivity contribution < 1.29 is 19.4 Å². The molecule has 1 aliphatic heterocycles. The second kappa shape index (κ2) is 7.35. The second-order valence-corrected chi connectivity index (χ2v) is 5.63. The number of aromatic nitrogens is 2. The van der Waals surface area contributed by atoms with E-state index in [1.165, 1.54) is 0 Å². The highest BCUT2D eigenvalue weighted by Gasteiger charge is 2.28. The number of hydrogen-bond acceptors (Lipinski definition) is 5. The lowest BCUT2D eigenvalue weighted by atomic mass is 10.2. The van der Waals surface area contributed by atoms with Gasteiger partial charge in [0.2, 0.25) is 0 Å². The van der Waals surface area contributed by atoms with Gasteiger partial charge in [-0.3, -0.25) is 9.48 Å². The summed E-state index contributed by atoms with van der Waals surface area (Å²) in [4.78, 5) is 14.3. The molecule has 1 aliphatic rings. The number of nitrogens with zero attached hydrogens (tertiary/aromatic N) is 3. The number of ether oxygens (including phenoxy) is 2. The van der Waals surface area contributed by atoms with Gasteiger partial charge in [-0.05, 0) is 24.6 Å². The monoisotopic (exact) mass is 331 g/mol. The number of benzene rings is 1. The third-order valence-corrected chi connectivity index (χ3v) is 4.20. The summed E-state index contributed by atoms with van der Waals surface area (Å²) < 4.78 is 12.7. The van der Waals surface area contributed by atoms with Gasteiger partial charge >= 0.3 is 0 Å².